The van der Waals surface area contributed by atoms with Gasteiger partial charge in [-0.1, -0.05) is 34.9 Å². The molecule has 91 valence electrons. The molecule has 0 bridgehead atoms. The molecule has 0 amide bonds. The van der Waals surface area contributed by atoms with E-state index >= 15 is 0 Å². The molecule has 0 aromatic rings. The maximum Gasteiger partial charge on any atom is -0.0288 e. The fourth-order valence-electron chi connectivity index (χ4n) is 1.59. The molecule has 0 aliphatic rings. The highest BCUT2D eigenvalue weighted by Crippen LogP contribution is 2.11. The summed E-state index contributed by atoms with van der Waals surface area (Å²) in [6, 6.07) is 0. The Bertz CT molecular complexity index is 260. The Kier molecular flexibility index (Phi) is 8.99. The topological polar surface area (TPSA) is 0 Å². The van der Waals surface area contributed by atoms with Crippen LogP contribution in [0.2, 0.25) is 0 Å². The van der Waals surface area contributed by atoms with Crippen LogP contribution in [0.3, 0.4) is 0 Å². The van der Waals surface area contributed by atoms with Crippen LogP contribution in [0, 0.1) is 6.92 Å². The van der Waals surface area contributed by atoms with Gasteiger partial charge < -0.3 is 0 Å². The molecule has 0 aromatic heterocycles. The summed E-state index contributed by atoms with van der Waals surface area (Å²) < 4.78 is 0. The summed E-state index contributed by atoms with van der Waals surface area (Å²) in [6.45, 7) is 12.6. The third-order valence-corrected chi connectivity index (χ3v) is 2.62. The van der Waals surface area contributed by atoms with Crippen LogP contribution in [0.5, 0.6) is 0 Å². The second-order valence-electron chi connectivity index (χ2n) is 4.75. The van der Waals surface area contributed by atoms with Crippen molar-refractivity contribution in [3.05, 3.63) is 41.9 Å². The molecule has 0 unspecified atom stereocenters. The van der Waals surface area contributed by atoms with E-state index in [-0.39, 0.29) is 0 Å². The van der Waals surface area contributed by atoms with Crippen LogP contribution in [0.25, 0.3) is 0 Å². The minimum atomic E-state index is 0.912. The van der Waals surface area contributed by atoms with Crippen molar-refractivity contribution in [1.29, 1.82) is 0 Å². The Morgan fingerprint density at radius 2 is 1.31 bits per heavy atom. The van der Waals surface area contributed by atoms with Crippen LogP contribution in [-0.4, -0.2) is 0 Å². The number of allylic oxidation sites excluding steroid dienone is 6. The molecule has 0 saturated carbocycles. The van der Waals surface area contributed by atoms with Crippen molar-refractivity contribution < 1.29 is 0 Å². The predicted molar refractivity (Wildman–Crippen MR) is 75.4 cm³/mol. The molecule has 0 atom stereocenters. The molecule has 0 rings (SSSR count). The lowest BCUT2D eigenvalue weighted by Gasteiger charge is -2.00. The van der Waals surface area contributed by atoms with Crippen LogP contribution >= 0.6 is 0 Å². The number of hydrogen-bond acceptors (Lipinski definition) is 0. The first-order valence-electron chi connectivity index (χ1n) is 6.30. The van der Waals surface area contributed by atoms with Gasteiger partial charge in [0.05, 0.1) is 0 Å². The SMILES string of the molecule is [CH2]C/C=C(\C)CC/C=C(\C)CCC=C(C)C. The average Bonchev–Trinajstić information content (AvgIpc) is 2.17. The summed E-state index contributed by atoms with van der Waals surface area (Å²) in [6.07, 6.45) is 12.5. The van der Waals surface area contributed by atoms with Gasteiger partial charge in [0.25, 0.3) is 0 Å². The molecule has 0 aliphatic heterocycles. The second kappa shape index (κ2) is 9.45. The predicted octanol–water partition coefficient (Wildman–Crippen LogP) is 5.63. The van der Waals surface area contributed by atoms with Gasteiger partial charge in [0, 0.05) is 0 Å². The molecule has 0 spiro atoms. The molecule has 0 fully saturated rings. The monoisotopic (exact) mass is 219 g/mol. The van der Waals surface area contributed by atoms with E-state index < -0.39 is 0 Å². The van der Waals surface area contributed by atoms with Gasteiger partial charge in [-0.3, -0.25) is 0 Å². The smallest absolute Gasteiger partial charge is 0.0288 e. The van der Waals surface area contributed by atoms with E-state index in [2.05, 4.69) is 52.8 Å². The van der Waals surface area contributed by atoms with Gasteiger partial charge in [0.15, 0.2) is 0 Å². The Hall–Kier alpha value is -0.780. The third-order valence-electron chi connectivity index (χ3n) is 2.62. The zero-order chi connectivity index (χ0) is 12.4. The van der Waals surface area contributed by atoms with Crippen LogP contribution in [-0.2, 0) is 0 Å². The summed E-state index contributed by atoms with van der Waals surface area (Å²) in [5, 5.41) is 0. The zero-order valence-electron chi connectivity index (χ0n) is 11.5. The van der Waals surface area contributed by atoms with Crippen LogP contribution < -0.4 is 0 Å². The molecule has 0 N–H and O–H groups in total. The van der Waals surface area contributed by atoms with Gasteiger partial charge in [0.2, 0.25) is 0 Å². The first-order valence-corrected chi connectivity index (χ1v) is 6.30. The average molecular weight is 219 g/mol. The summed E-state index contributed by atoms with van der Waals surface area (Å²) >= 11 is 0. The van der Waals surface area contributed by atoms with Crippen molar-refractivity contribution in [3.8, 4) is 0 Å². The van der Waals surface area contributed by atoms with Crippen molar-refractivity contribution in [2.24, 2.45) is 0 Å². The van der Waals surface area contributed by atoms with E-state index in [1.54, 1.807) is 0 Å². The minimum absolute atomic E-state index is 0.912. The summed E-state index contributed by atoms with van der Waals surface area (Å²) in [5.74, 6) is 0. The van der Waals surface area contributed by atoms with Crippen LogP contribution in [0.1, 0.15) is 59.8 Å². The van der Waals surface area contributed by atoms with Gasteiger partial charge >= 0.3 is 0 Å². The van der Waals surface area contributed by atoms with Crippen LogP contribution in [0.15, 0.2) is 34.9 Å². The van der Waals surface area contributed by atoms with Crippen LogP contribution in [0.4, 0.5) is 0 Å². The lowest BCUT2D eigenvalue weighted by Crippen LogP contribution is -1.80. The Morgan fingerprint density at radius 3 is 1.81 bits per heavy atom. The summed E-state index contributed by atoms with van der Waals surface area (Å²) in [7, 11) is 0. The van der Waals surface area contributed by atoms with E-state index in [0.29, 0.717) is 0 Å². The van der Waals surface area contributed by atoms with E-state index in [1.807, 2.05) is 0 Å². The molecule has 0 heterocycles. The first-order chi connectivity index (χ1) is 7.56. The maximum atomic E-state index is 3.83. The highest BCUT2D eigenvalue weighted by molar-refractivity contribution is 5.05. The van der Waals surface area contributed by atoms with E-state index in [1.165, 1.54) is 42.4 Å². The van der Waals surface area contributed by atoms with Crippen molar-refractivity contribution in [2.45, 2.75) is 59.8 Å². The lowest BCUT2D eigenvalue weighted by molar-refractivity contribution is 0.915. The van der Waals surface area contributed by atoms with Gasteiger partial charge in [-0.15, -0.1) is 0 Å². The third kappa shape index (κ3) is 9.76. The fraction of sp³-hybridized carbons (Fsp3) is 0.562. The Labute approximate surface area is 102 Å². The molecule has 0 heteroatoms. The quantitative estimate of drug-likeness (QED) is 0.487. The van der Waals surface area contributed by atoms with Crippen molar-refractivity contribution in [2.75, 3.05) is 0 Å². The fourth-order valence-corrected chi connectivity index (χ4v) is 1.59. The van der Waals surface area contributed by atoms with E-state index in [9.17, 15) is 0 Å². The highest BCUT2D eigenvalue weighted by Gasteiger charge is 1.91. The Balaban J connectivity index is 3.79. The first kappa shape index (κ1) is 15.2. The second-order valence-corrected chi connectivity index (χ2v) is 4.75. The molecule has 0 aromatic carbocycles. The normalized spacial score (nSPS) is 12.8. The molecular formula is C16H27. The maximum absolute atomic E-state index is 3.83. The standard InChI is InChI=1S/C16H27/c1-6-9-15(4)12-8-13-16(5)11-7-10-14(2)3/h9-10,13H,1,6-8,11-12H2,2-5H3/b15-9+,16-13+. The molecule has 16 heavy (non-hydrogen) atoms. The number of rotatable bonds is 7. The lowest BCUT2D eigenvalue weighted by atomic mass is 10.1. The van der Waals surface area contributed by atoms with Crippen molar-refractivity contribution in [3.63, 3.8) is 0 Å². The molecule has 0 saturated heterocycles. The van der Waals surface area contributed by atoms with Gasteiger partial charge in [-0.25, -0.2) is 0 Å². The number of hydrogen-bond donors (Lipinski definition) is 0. The van der Waals surface area contributed by atoms with Crippen molar-refractivity contribution in [1.82, 2.24) is 0 Å². The Morgan fingerprint density at radius 1 is 0.812 bits per heavy atom. The van der Waals surface area contributed by atoms with Gasteiger partial charge in [0.1, 0.15) is 0 Å². The van der Waals surface area contributed by atoms with Gasteiger partial charge in [-0.2, -0.15) is 0 Å². The molecular weight excluding hydrogens is 192 g/mol. The minimum Gasteiger partial charge on any atom is -0.0856 e. The summed E-state index contributed by atoms with van der Waals surface area (Å²) in [4.78, 5) is 0. The van der Waals surface area contributed by atoms with E-state index in [0.717, 1.165) is 6.42 Å². The zero-order valence-corrected chi connectivity index (χ0v) is 11.5. The van der Waals surface area contributed by atoms with Crippen molar-refractivity contribution >= 4 is 0 Å². The molecule has 0 aliphatic carbocycles. The van der Waals surface area contributed by atoms with E-state index in [4.69, 9.17) is 0 Å². The largest absolute Gasteiger partial charge is 0.0856 e. The molecule has 0 nitrogen and oxygen atoms in total. The summed E-state index contributed by atoms with van der Waals surface area (Å²) in [5.41, 5.74) is 4.39. The van der Waals surface area contributed by atoms with Gasteiger partial charge in [-0.05, 0) is 66.7 Å². The molecule has 1 radical (unpaired) electrons. The highest BCUT2D eigenvalue weighted by atomic mass is 14.0.